The summed E-state index contributed by atoms with van der Waals surface area (Å²) in [5.41, 5.74) is 0.480. The summed E-state index contributed by atoms with van der Waals surface area (Å²) >= 11 is 0. The molecule has 1 aliphatic carbocycles. The van der Waals surface area contributed by atoms with Crippen molar-refractivity contribution in [3.8, 4) is 12.3 Å². The molecule has 19 heavy (non-hydrogen) atoms. The normalized spacial score (nSPS) is 13.6. The molecule has 0 aliphatic heterocycles. The molecule has 4 nitrogen and oxygen atoms in total. The average Bonchev–Trinajstić information content (AvgIpc) is 3.21. The zero-order chi connectivity index (χ0) is 13.8. The van der Waals surface area contributed by atoms with Gasteiger partial charge in [-0.25, -0.2) is 4.79 Å². The minimum Gasteiger partial charge on any atom is -0.478 e. The number of nitrogens with zero attached hydrogens (tertiary/aromatic N) is 1. The Balaban J connectivity index is 2.17. The zero-order valence-corrected chi connectivity index (χ0v) is 10.5. The number of hydrogen-bond donors (Lipinski definition) is 1. The van der Waals surface area contributed by atoms with Crippen molar-refractivity contribution in [2.24, 2.45) is 5.92 Å². The van der Waals surface area contributed by atoms with E-state index in [0.29, 0.717) is 18.0 Å². The van der Waals surface area contributed by atoms with E-state index in [9.17, 15) is 9.59 Å². The summed E-state index contributed by atoms with van der Waals surface area (Å²) in [6.07, 6.45) is 7.54. The Kier molecular flexibility index (Phi) is 3.86. The highest BCUT2D eigenvalue weighted by molar-refractivity contribution is 5.97. The molecular formula is C15H15NO3. The van der Waals surface area contributed by atoms with E-state index in [-0.39, 0.29) is 18.0 Å². The maximum absolute atomic E-state index is 12.3. The van der Waals surface area contributed by atoms with Crippen LogP contribution >= 0.6 is 0 Å². The molecule has 2 rings (SSSR count). The van der Waals surface area contributed by atoms with Gasteiger partial charge in [-0.05, 0) is 37.0 Å². The molecule has 0 radical (unpaired) electrons. The van der Waals surface area contributed by atoms with Crippen molar-refractivity contribution >= 4 is 11.9 Å². The van der Waals surface area contributed by atoms with Crippen LogP contribution in [0.5, 0.6) is 0 Å². The number of amides is 1. The van der Waals surface area contributed by atoms with E-state index in [1.54, 1.807) is 17.0 Å². The number of benzene rings is 1. The van der Waals surface area contributed by atoms with E-state index < -0.39 is 5.97 Å². The molecule has 4 heteroatoms. The molecule has 1 saturated carbocycles. The molecule has 0 heterocycles. The molecular weight excluding hydrogens is 242 g/mol. The van der Waals surface area contributed by atoms with Crippen LogP contribution in [0.4, 0.5) is 0 Å². The van der Waals surface area contributed by atoms with Crippen molar-refractivity contribution in [1.29, 1.82) is 0 Å². The lowest BCUT2D eigenvalue weighted by molar-refractivity contribution is 0.0697. The molecule has 1 aromatic rings. The Labute approximate surface area is 112 Å². The minimum atomic E-state index is -1.04. The number of rotatable bonds is 5. The lowest BCUT2D eigenvalue weighted by atomic mass is 10.1. The van der Waals surface area contributed by atoms with Gasteiger partial charge in [0.1, 0.15) is 0 Å². The van der Waals surface area contributed by atoms with Crippen molar-refractivity contribution in [2.45, 2.75) is 12.8 Å². The fraction of sp³-hybridized carbons (Fsp3) is 0.333. The molecule has 0 unspecified atom stereocenters. The first-order valence-corrected chi connectivity index (χ1v) is 6.18. The standard InChI is InChI=1S/C15H15NO3/c1-2-8-16(10-11-6-7-11)14(17)12-4-3-5-13(9-12)15(18)19/h1,3-5,9,11H,6-8,10H2,(H,18,19). The van der Waals surface area contributed by atoms with Gasteiger partial charge in [-0.2, -0.15) is 0 Å². The van der Waals surface area contributed by atoms with E-state index in [0.717, 1.165) is 12.8 Å². The number of carbonyl (C=O) groups excluding carboxylic acids is 1. The molecule has 0 saturated heterocycles. The fourth-order valence-corrected chi connectivity index (χ4v) is 1.91. The number of terminal acetylenes is 1. The third kappa shape index (κ3) is 3.35. The second kappa shape index (κ2) is 5.57. The van der Waals surface area contributed by atoms with Gasteiger partial charge in [-0.1, -0.05) is 12.0 Å². The monoisotopic (exact) mass is 257 g/mol. The van der Waals surface area contributed by atoms with Crippen LogP contribution in [0.15, 0.2) is 24.3 Å². The second-order valence-corrected chi connectivity index (χ2v) is 4.72. The summed E-state index contributed by atoms with van der Waals surface area (Å²) in [7, 11) is 0. The molecule has 0 aromatic heterocycles. The number of carboxylic acids is 1. The van der Waals surface area contributed by atoms with E-state index in [1.807, 2.05) is 0 Å². The molecule has 0 atom stereocenters. The predicted octanol–water partition coefficient (Wildman–Crippen LogP) is 1.87. The summed E-state index contributed by atoms with van der Waals surface area (Å²) in [5, 5.41) is 8.93. The second-order valence-electron chi connectivity index (χ2n) is 4.72. The van der Waals surface area contributed by atoms with Crippen molar-refractivity contribution < 1.29 is 14.7 Å². The van der Waals surface area contributed by atoms with Crippen molar-refractivity contribution in [3.05, 3.63) is 35.4 Å². The van der Waals surface area contributed by atoms with Crippen LogP contribution in [0.3, 0.4) is 0 Å². The third-order valence-electron chi connectivity index (χ3n) is 3.10. The molecule has 1 aromatic carbocycles. The van der Waals surface area contributed by atoms with Crippen LogP contribution in [0, 0.1) is 18.3 Å². The molecule has 1 amide bonds. The van der Waals surface area contributed by atoms with Gasteiger partial charge in [0.15, 0.2) is 0 Å². The maximum Gasteiger partial charge on any atom is 0.335 e. The topological polar surface area (TPSA) is 57.6 Å². The van der Waals surface area contributed by atoms with Crippen molar-refractivity contribution in [3.63, 3.8) is 0 Å². The summed E-state index contributed by atoms with van der Waals surface area (Å²) in [6, 6.07) is 6.04. The van der Waals surface area contributed by atoms with Crippen molar-refractivity contribution in [1.82, 2.24) is 4.90 Å². The van der Waals surface area contributed by atoms with E-state index >= 15 is 0 Å². The highest BCUT2D eigenvalue weighted by Crippen LogP contribution is 2.30. The molecule has 1 N–H and O–H groups in total. The van der Waals surface area contributed by atoms with Crippen LogP contribution in [-0.2, 0) is 0 Å². The average molecular weight is 257 g/mol. The van der Waals surface area contributed by atoms with Crippen molar-refractivity contribution in [2.75, 3.05) is 13.1 Å². The summed E-state index contributed by atoms with van der Waals surface area (Å²) in [4.78, 5) is 24.8. The Morgan fingerprint density at radius 2 is 2.05 bits per heavy atom. The Bertz CT molecular complexity index is 541. The summed E-state index contributed by atoms with van der Waals surface area (Å²) in [5.74, 6) is 1.78. The highest BCUT2D eigenvalue weighted by atomic mass is 16.4. The summed E-state index contributed by atoms with van der Waals surface area (Å²) < 4.78 is 0. The number of carboxylic acid groups (broad SMARTS) is 1. The van der Waals surface area contributed by atoms with Gasteiger partial charge in [0, 0.05) is 12.1 Å². The van der Waals surface area contributed by atoms with E-state index in [2.05, 4.69) is 5.92 Å². The maximum atomic E-state index is 12.3. The smallest absolute Gasteiger partial charge is 0.335 e. The Morgan fingerprint density at radius 1 is 1.37 bits per heavy atom. The van der Waals surface area contributed by atoms with E-state index in [1.165, 1.54) is 12.1 Å². The molecule has 98 valence electrons. The fourth-order valence-electron chi connectivity index (χ4n) is 1.91. The lowest BCUT2D eigenvalue weighted by Gasteiger charge is -2.20. The highest BCUT2D eigenvalue weighted by Gasteiger charge is 2.27. The predicted molar refractivity (Wildman–Crippen MR) is 70.9 cm³/mol. The van der Waals surface area contributed by atoms with Gasteiger partial charge in [0.05, 0.1) is 12.1 Å². The Hall–Kier alpha value is -2.28. The molecule has 1 fully saturated rings. The van der Waals surface area contributed by atoms with Crippen LogP contribution in [0.1, 0.15) is 33.6 Å². The number of aromatic carboxylic acids is 1. The number of hydrogen-bond acceptors (Lipinski definition) is 2. The van der Waals surface area contributed by atoms with Gasteiger partial charge >= 0.3 is 5.97 Å². The molecule has 1 aliphatic rings. The van der Waals surface area contributed by atoms with Gasteiger partial charge in [0.25, 0.3) is 5.91 Å². The first-order valence-electron chi connectivity index (χ1n) is 6.18. The van der Waals surface area contributed by atoms with Gasteiger partial charge in [0.2, 0.25) is 0 Å². The zero-order valence-electron chi connectivity index (χ0n) is 10.5. The first kappa shape index (κ1) is 13.2. The van der Waals surface area contributed by atoms with Crippen LogP contribution in [0.25, 0.3) is 0 Å². The lowest BCUT2D eigenvalue weighted by Crippen LogP contribution is -2.33. The van der Waals surface area contributed by atoms with E-state index in [4.69, 9.17) is 11.5 Å². The molecule has 0 bridgehead atoms. The SMILES string of the molecule is C#CCN(CC1CC1)C(=O)c1cccc(C(=O)O)c1. The van der Waals surface area contributed by atoms with Gasteiger partial charge in [-0.15, -0.1) is 6.42 Å². The third-order valence-corrected chi connectivity index (χ3v) is 3.10. The van der Waals surface area contributed by atoms with Gasteiger partial charge < -0.3 is 10.0 Å². The summed E-state index contributed by atoms with van der Waals surface area (Å²) in [6.45, 7) is 0.910. The van der Waals surface area contributed by atoms with Crippen LogP contribution < -0.4 is 0 Å². The largest absolute Gasteiger partial charge is 0.478 e. The van der Waals surface area contributed by atoms with Crippen LogP contribution in [-0.4, -0.2) is 35.0 Å². The van der Waals surface area contributed by atoms with Gasteiger partial charge in [-0.3, -0.25) is 4.79 Å². The quantitative estimate of drug-likeness (QED) is 0.819. The first-order chi connectivity index (χ1) is 9.11. The number of carbonyl (C=O) groups is 2. The Morgan fingerprint density at radius 3 is 2.63 bits per heavy atom. The minimum absolute atomic E-state index is 0.109. The van der Waals surface area contributed by atoms with Crippen LogP contribution in [0.2, 0.25) is 0 Å². The molecule has 0 spiro atoms.